The van der Waals surface area contributed by atoms with Crippen LogP contribution in [0.2, 0.25) is 0 Å². The number of rotatable bonds is 16. The van der Waals surface area contributed by atoms with Crippen molar-refractivity contribution in [3.63, 3.8) is 0 Å². The Balaban J connectivity index is 1.73. The SMILES string of the molecule is CCCCC/C(=C\C=C\C(=O)N[C@H](C)CCCCCCc1cccnc1)c1ccc(OC)cc1. The van der Waals surface area contributed by atoms with Gasteiger partial charge in [0.1, 0.15) is 5.75 Å². The first-order valence-electron chi connectivity index (χ1n) is 12.8. The average molecular weight is 463 g/mol. The molecule has 4 nitrogen and oxygen atoms in total. The highest BCUT2D eigenvalue weighted by Gasteiger charge is 2.05. The van der Waals surface area contributed by atoms with Gasteiger partial charge in [0.25, 0.3) is 0 Å². The molecule has 0 bridgehead atoms. The van der Waals surface area contributed by atoms with Crippen molar-refractivity contribution in [2.24, 2.45) is 0 Å². The van der Waals surface area contributed by atoms with E-state index in [-0.39, 0.29) is 11.9 Å². The minimum absolute atomic E-state index is 0.0250. The van der Waals surface area contributed by atoms with E-state index in [0.29, 0.717) is 0 Å². The second-order valence-electron chi connectivity index (χ2n) is 8.96. The van der Waals surface area contributed by atoms with Gasteiger partial charge in [0.2, 0.25) is 5.91 Å². The van der Waals surface area contributed by atoms with Gasteiger partial charge in [0, 0.05) is 24.5 Å². The number of aromatic nitrogens is 1. The fraction of sp³-hybridized carbons (Fsp3) is 0.467. The predicted molar refractivity (Wildman–Crippen MR) is 143 cm³/mol. The third kappa shape index (κ3) is 11.3. The van der Waals surface area contributed by atoms with Crippen molar-refractivity contribution < 1.29 is 9.53 Å². The number of allylic oxidation sites excluding steroid dienone is 3. The number of amides is 1. The molecular formula is C30H42N2O2. The molecule has 0 unspecified atom stereocenters. The molecular weight excluding hydrogens is 420 g/mol. The summed E-state index contributed by atoms with van der Waals surface area (Å²) in [6, 6.07) is 12.5. The lowest BCUT2D eigenvalue weighted by Crippen LogP contribution is -2.30. The number of carbonyl (C=O) groups is 1. The first-order valence-corrected chi connectivity index (χ1v) is 12.8. The van der Waals surface area contributed by atoms with E-state index in [4.69, 9.17) is 4.74 Å². The molecule has 0 radical (unpaired) electrons. The zero-order valence-corrected chi connectivity index (χ0v) is 21.3. The summed E-state index contributed by atoms with van der Waals surface area (Å²) in [5.74, 6) is 0.831. The molecule has 184 valence electrons. The Morgan fingerprint density at radius 2 is 1.85 bits per heavy atom. The number of ether oxygens (including phenoxy) is 1. The van der Waals surface area contributed by atoms with E-state index >= 15 is 0 Å². The van der Waals surface area contributed by atoms with Gasteiger partial charge in [-0.2, -0.15) is 0 Å². The maximum Gasteiger partial charge on any atom is 0.244 e. The van der Waals surface area contributed by atoms with Crippen molar-refractivity contribution in [1.29, 1.82) is 0 Å². The summed E-state index contributed by atoms with van der Waals surface area (Å²) in [6.07, 6.45) is 20.8. The number of hydrogen-bond acceptors (Lipinski definition) is 3. The van der Waals surface area contributed by atoms with Gasteiger partial charge in [-0.3, -0.25) is 9.78 Å². The van der Waals surface area contributed by atoms with Crippen LogP contribution in [0.4, 0.5) is 0 Å². The summed E-state index contributed by atoms with van der Waals surface area (Å²) in [5, 5.41) is 3.10. The Bertz CT molecular complexity index is 872. The summed E-state index contributed by atoms with van der Waals surface area (Å²) >= 11 is 0. The van der Waals surface area contributed by atoms with E-state index in [2.05, 4.69) is 48.4 Å². The van der Waals surface area contributed by atoms with Crippen molar-refractivity contribution in [1.82, 2.24) is 10.3 Å². The van der Waals surface area contributed by atoms with E-state index in [9.17, 15) is 4.79 Å². The quantitative estimate of drug-likeness (QED) is 0.162. The van der Waals surface area contributed by atoms with Gasteiger partial charge < -0.3 is 10.1 Å². The highest BCUT2D eigenvalue weighted by molar-refractivity contribution is 5.88. The Labute approximate surface area is 206 Å². The van der Waals surface area contributed by atoms with Crippen molar-refractivity contribution in [3.05, 3.63) is 78.1 Å². The van der Waals surface area contributed by atoms with Crippen LogP contribution in [0.5, 0.6) is 5.75 Å². The fourth-order valence-electron chi connectivity index (χ4n) is 3.99. The summed E-state index contributed by atoms with van der Waals surface area (Å²) < 4.78 is 5.27. The standard InChI is InChI=1S/C30H42N2O2/c1-4-5-8-16-27(28-19-21-29(34-3)22-20-28)17-11-18-30(33)32-25(2)13-9-6-7-10-14-26-15-12-23-31-24-26/h11-12,15,17-25H,4-10,13-14,16H2,1-3H3,(H,32,33)/b18-11+,27-17+/t25-/m1/s1. The van der Waals surface area contributed by atoms with Crippen LogP contribution in [0.15, 0.2) is 67.0 Å². The highest BCUT2D eigenvalue weighted by atomic mass is 16.5. The molecule has 34 heavy (non-hydrogen) atoms. The number of nitrogens with one attached hydrogen (secondary N) is 1. The third-order valence-electron chi connectivity index (χ3n) is 6.02. The lowest BCUT2D eigenvalue weighted by atomic mass is 9.99. The molecule has 0 aliphatic carbocycles. The van der Waals surface area contributed by atoms with Crippen LogP contribution in [0.25, 0.3) is 5.57 Å². The number of carbonyl (C=O) groups excluding carboxylic acids is 1. The zero-order chi connectivity index (χ0) is 24.4. The maximum atomic E-state index is 12.4. The number of unbranched alkanes of at least 4 members (excludes halogenated alkanes) is 5. The predicted octanol–water partition coefficient (Wildman–Crippen LogP) is 7.31. The summed E-state index contributed by atoms with van der Waals surface area (Å²) in [7, 11) is 1.68. The number of nitrogens with zero attached hydrogens (tertiary/aromatic N) is 1. The molecule has 0 fully saturated rings. The molecule has 1 amide bonds. The molecule has 1 heterocycles. The molecule has 0 spiro atoms. The van der Waals surface area contributed by atoms with Crippen LogP contribution in [0.3, 0.4) is 0 Å². The van der Waals surface area contributed by atoms with Gasteiger partial charge in [-0.05, 0) is 73.9 Å². The third-order valence-corrected chi connectivity index (χ3v) is 6.02. The molecule has 0 aliphatic rings. The molecule has 1 atom stereocenters. The number of hydrogen-bond donors (Lipinski definition) is 1. The van der Waals surface area contributed by atoms with Gasteiger partial charge in [-0.1, -0.05) is 69.4 Å². The summed E-state index contributed by atoms with van der Waals surface area (Å²) in [6.45, 7) is 4.30. The van der Waals surface area contributed by atoms with Crippen LogP contribution in [0.1, 0.15) is 82.8 Å². The fourth-order valence-corrected chi connectivity index (χ4v) is 3.99. The second-order valence-corrected chi connectivity index (χ2v) is 8.96. The minimum Gasteiger partial charge on any atom is -0.497 e. The van der Waals surface area contributed by atoms with E-state index in [0.717, 1.165) is 37.9 Å². The summed E-state index contributed by atoms with van der Waals surface area (Å²) in [4.78, 5) is 16.5. The maximum absolute atomic E-state index is 12.4. The molecule has 0 aliphatic heterocycles. The van der Waals surface area contributed by atoms with E-state index in [1.807, 2.05) is 36.7 Å². The Kier molecular flexibility index (Phi) is 13.4. The number of pyridine rings is 1. The molecule has 2 rings (SSSR count). The van der Waals surface area contributed by atoms with E-state index in [1.54, 1.807) is 13.2 Å². The minimum atomic E-state index is -0.0250. The Morgan fingerprint density at radius 1 is 1.06 bits per heavy atom. The smallest absolute Gasteiger partial charge is 0.244 e. The first-order chi connectivity index (χ1) is 16.6. The molecule has 0 saturated carbocycles. The molecule has 1 N–H and O–H groups in total. The normalized spacial score (nSPS) is 12.6. The highest BCUT2D eigenvalue weighted by Crippen LogP contribution is 2.23. The molecule has 4 heteroatoms. The Hall–Kier alpha value is -2.88. The van der Waals surface area contributed by atoms with Crippen molar-refractivity contribution in [3.8, 4) is 5.75 Å². The number of methoxy groups -OCH3 is 1. The van der Waals surface area contributed by atoms with Crippen LogP contribution in [0, 0.1) is 0 Å². The largest absolute Gasteiger partial charge is 0.497 e. The molecule has 1 aromatic heterocycles. The van der Waals surface area contributed by atoms with Crippen molar-refractivity contribution in [2.75, 3.05) is 7.11 Å². The van der Waals surface area contributed by atoms with E-state index < -0.39 is 0 Å². The average Bonchev–Trinajstić information content (AvgIpc) is 2.86. The lowest BCUT2D eigenvalue weighted by Gasteiger charge is -2.12. The van der Waals surface area contributed by atoms with E-state index in [1.165, 1.54) is 48.8 Å². The van der Waals surface area contributed by atoms with Gasteiger partial charge in [-0.15, -0.1) is 0 Å². The lowest BCUT2D eigenvalue weighted by molar-refractivity contribution is -0.117. The molecule has 2 aromatic rings. The number of benzene rings is 1. The summed E-state index contributed by atoms with van der Waals surface area (Å²) in [5.41, 5.74) is 3.74. The van der Waals surface area contributed by atoms with Crippen LogP contribution in [-0.2, 0) is 11.2 Å². The van der Waals surface area contributed by atoms with Crippen molar-refractivity contribution >= 4 is 11.5 Å². The second kappa shape index (κ2) is 16.7. The topological polar surface area (TPSA) is 51.2 Å². The first kappa shape index (κ1) is 27.4. The molecule has 0 saturated heterocycles. The monoisotopic (exact) mass is 462 g/mol. The van der Waals surface area contributed by atoms with Crippen LogP contribution >= 0.6 is 0 Å². The number of aryl methyl sites for hydroxylation is 1. The van der Waals surface area contributed by atoms with Crippen LogP contribution < -0.4 is 10.1 Å². The van der Waals surface area contributed by atoms with Gasteiger partial charge >= 0.3 is 0 Å². The van der Waals surface area contributed by atoms with Crippen LogP contribution in [-0.4, -0.2) is 24.0 Å². The van der Waals surface area contributed by atoms with Gasteiger partial charge in [0.05, 0.1) is 7.11 Å². The molecule has 1 aromatic carbocycles. The Morgan fingerprint density at radius 3 is 2.56 bits per heavy atom. The zero-order valence-electron chi connectivity index (χ0n) is 21.3. The van der Waals surface area contributed by atoms with Gasteiger partial charge in [0.15, 0.2) is 0 Å². The van der Waals surface area contributed by atoms with Gasteiger partial charge in [-0.25, -0.2) is 0 Å². The van der Waals surface area contributed by atoms with Crippen molar-refractivity contribution in [2.45, 2.75) is 84.1 Å².